The number of methoxy groups -OCH3 is 1. The van der Waals surface area contributed by atoms with Crippen molar-refractivity contribution >= 4 is 37.5 Å². The van der Waals surface area contributed by atoms with Crippen LogP contribution in [-0.4, -0.2) is 44.9 Å². The van der Waals surface area contributed by atoms with E-state index in [2.05, 4.69) is 28.9 Å². The fraction of sp³-hybridized carbons (Fsp3) is 0.480. The van der Waals surface area contributed by atoms with Crippen LogP contribution in [0.25, 0.3) is 0 Å². The first-order valence-corrected chi connectivity index (χ1v) is 13.7. The maximum Gasteiger partial charge on any atom is 0.246 e. The van der Waals surface area contributed by atoms with Crippen molar-refractivity contribution in [2.24, 2.45) is 5.92 Å². The van der Waals surface area contributed by atoms with E-state index in [1.165, 1.54) is 17.0 Å². The molecule has 0 radical (unpaired) electrons. The van der Waals surface area contributed by atoms with Crippen LogP contribution in [0.4, 0.5) is 5.69 Å². The van der Waals surface area contributed by atoms with Gasteiger partial charge in [-0.15, -0.1) is 0 Å². The van der Waals surface area contributed by atoms with Crippen LogP contribution in [0.5, 0.6) is 5.75 Å². The quantitative estimate of drug-likeness (QED) is 0.543. The molecule has 0 unspecified atom stereocenters. The summed E-state index contributed by atoms with van der Waals surface area (Å²) in [5.41, 5.74) is 3.09. The minimum Gasteiger partial charge on any atom is -0.495 e. The summed E-state index contributed by atoms with van der Waals surface area (Å²) in [6.45, 7) is 6.78. The van der Waals surface area contributed by atoms with Gasteiger partial charge in [0.1, 0.15) is 10.6 Å². The van der Waals surface area contributed by atoms with Crippen LogP contribution >= 0.6 is 15.9 Å². The van der Waals surface area contributed by atoms with Crippen LogP contribution in [0.2, 0.25) is 0 Å². The van der Waals surface area contributed by atoms with Crippen LogP contribution < -0.4 is 9.64 Å². The molecule has 1 saturated heterocycles. The Morgan fingerprint density at radius 2 is 1.82 bits per heavy atom. The molecule has 2 aliphatic rings. The molecule has 2 aromatic rings. The molecule has 1 amide bonds. The van der Waals surface area contributed by atoms with Crippen molar-refractivity contribution in [3.63, 3.8) is 0 Å². The number of halogens is 1. The van der Waals surface area contributed by atoms with Crippen molar-refractivity contribution in [2.75, 3.05) is 25.1 Å². The highest BCUT2D eigenvalue weighted by Gasteiger charge is 2.39. The average molecular weight is 536 g/mol. The van der Waals surface area contributed by atoms with Crippen molar-refractivity contribution in [1.29, 1.82) is 0 Å². The topological polar surface area (TPSA) is 66.9 Å². The van der Waals surface area contributed by atoms with Gasteiger partial charge in [-0.1, -0.05) is 35.8 Å². The highest BCUT2D eigenvalue weighted by molar-refractivity contribution is 9.10. The van der Waals surface area contributed by atoms with Gasteiger partial charge in [-0.3, -0.25) is 4.79 Å². The molecule has 0 N–H and O–H groups in total. The van der Waals surface area contributed by atoms with Crippen LogP contribution in [0.3, 0.4) is 0 Å². The monoisotopic (exact) mass is 534 g/mol. The Bertz CT molecular complexity index is 1160. The summed E-state index contributed by atoms with van der Waals surface area (Å²) in [7, 11) is -2.23. The number of hydrogen-bond donors (Lipinski definition) is 0. The van der Waals surface area contributed by atoms with Crippen molar-refractivity contribution in [3.05, 3.63) is 52.0 Å². The van der Waals surface area contributed by atoms with E-state index in [1.807, 2.05) is 36.9 Å². The van der Waals surface area contributed by atoms with Gasteiger partial charge in [-0.05, 0) is 73.6 Å². The van der Waals surface area contributed by atoms with E-state index < -0.39 is 10.0 Å². The van der Waals surface area contributed by atoms with Gasteiger partial charge in [0.05, 0.1) is 7.11 Å². The van der Waals surface area contributed by atoms with Gasteiger partial charge in [0.25, 0.3) is 0 Å². The molecule has 0 bridgehead atoms. The molecule has 1 fully saturated rings. The number of sulfonamides is 1. The third-order valence-electron chi connectivity index (χ3n) is 6.77. The molecule has 178 valence electrons. The highest BCUT2D eigenvalue weighted by Crippen LogP contribution is 2.37. The second kappa shape index (κ2) is 9.39. The normalized spacial score (nSPS) is 19.7. The number of fused-ring (bicyclic) bond motifs is 1. The Balaban J connectivity index is 1.50. The molecule has 4 rings (SSSR count). The SMILES string of the molecule is COc1ccc(C(C)C)cc1S(=O)(=O)N1CCC(C(=O)N2c3ccc(Br)cc3C[C@H]2C)CC1. The molecule has 33 heavy (non-hydrogen) atoms. The first-order chi connectivity index (χ1) is 15.6. The largest absolute Gasteiger partial charge is 0.495 e. The van der Waals surface area contributed by atoms with Crippen LogP contribution in [-0.2, 0) is 21.2 Å². The number of amides is 1. The Morgan fingerprint density at radius 1 is 1.12 bits per heavy atom. The zero-order valence-corrected chi connectivity index (χ0v) is 21.9. The summed E-state index contributed by atoms with van der Waals surface area (Å²) >= 11 is 3.51. The van der Waals surface area contributed by atoms with E-state index in [4.69, 9.17) is 4.74 Å². The number of hydrogen-bond acceptors (Lipinski definition) is 4. The standard InChI is InChI=1S/C25H31BrN2O4S/c1-16(2)19-5-8-23(32-4)24(15-19)33(30,31)27-11-9-18(10-12-27)25(29)28-17(3)13-20-14-21(26)6-7-22(20)28/h5-8,14-18H,9-13H2,1-4H3/t17-/m1/s1. The number of carbonyl (C=O) groups excluding carboxylic acids is 1. The van der Waals surface area contributed by atoms with Crippen LogP contribution in [0.15, 0.2) is 45.8 Å². The lowest BCUT2D eigenvalue weighted by Gasteiger charge is -2.34. The number of benzene rings is 2. The molecule has 2 heterocycles. The maximum absolute atomic E-state index is 13.5. The second-order valence-corrected chi connectivity index (χ2v) is 12.1. The predicted octanol–water partition coefficient (Wildman–Crippen LogP) is 4.96. The van der Waals surface area contributed by atoms with Crippen molar-refractivity contribution in [3.8, 4) is 5.75 Å². The van der Waals surface area contributed by atoms with Gasteiger partial charge in [0.15, 0.2) is 0 Å². The molecule has 8 heteroatoms. The van der Waals surface area contributed by atoms with Gasteiger partial charge < -0.3 is 9.64 Å². The molecule has 2 aromatic carbocycles. The molecule has 0 aromatic heterocycles. The second-order valence-electron chi connectivity index (χ2n) is 9.28. The Labute approximate surface area is 205 Å². The van der Waals surface area contributed by atoms with Crippen molar-refractivity contribution in [2.45, 2.75) is 56.9 Å². The highest BCUT2D eigenvalue weighted by atomic mass is 79.9. The summed E-state index contributed by atoms with van der Waals surface area (Å²) in [6, 6.07) is 11.5. The molecular formula is C25H31BrN2O4S. The van der Waals surface area contributed by atoms with Gasteiger partial charge in [-0.25, -0.2) is 8.42 Å². The van der Waals surface area contributed by atoms with Gasteiger partial charge in [0.2, 0.25) is 15.9 Å². The zero-order chi connectivity index (χ0) is 23.9. The molecule has 0 aliphatic carbocycles. The van der Waals surface area contributed by atoms with E-state index in [0.717, 1.165) is 22.1 Å². The molecule has 2 aliphatic heterocycles. The van der Waals surface area contributed by atoms with Crippen LogP contribution in [0.1, 0.15) is 50.7 Å². The Morgan fingerprint density at radius 3 is 2.45 bits per heavy atom. The molecular weight excluding hydrogens is 504 g/mol. The summed E-state index contributed by atoms with van der Waals surface area (Å²) < 4.78 is 34.8. The van der Waals surface area contributed by atoms with Gasteiger partial charge >= 0.3 is 0 Å². The Hall–Kier alpha value is -1.90. The zero-order valence-electron chi connectivity index (χ0n) is 19.5. The number of anilines is 1. The number of rotatable bonds is 5. The molecule has 0 saturated carbocycles. The van der Waals surface area contributed by atoms with Crippen LogP contribution in [0, 0.1) is 5.92 Å². The third-order valence-corrected chi connectivity index (χ3v) is 9.18. The van der Waals surface area contributed by atoms with Crippen molar-refractivity contribution < 1.29 is 17.9 Å². The Kier molecular flexibility index (Phi) is 6.90. The molecule has 6 nitrogen and oxygen atoms in total. The number of nitrogens with zero attached hydrogens (tertiary/aromatic N) is 2. The summed E-state index contributed by atoms with van der Waals surface area (Å²) in [5, 5.41) is 0. The first kappa shape index (κ1) is 24.2. The smallest absolute Gasteiger partial charge is 0.246 e. The lowest BCUT2D eigenvalue weighted by molar-refractivity contribution is -0.123. The summed E-state index contributed by atoms with van der Waals surface area (Å²) in [6.07, 6.45) is 1.86. The lowest BCUT2D eigenvalue weighted by Crippen LogP contribution is -2.46. The minimum absolute atomic E-state index is 0.0972. The first-order valence-electron chi connectivity index (χ1n) is 11.4. The summed E-state index contributed by atoms with van der Waals surface area (Å²) in [5.74, 6) is 0.475. The average Bonchev–Trinajstić information content (AvgIpc) is 3.12. The number of carbonyl (C=O) groups is 1. The van der Waals surface area contributed by atoms with E-state index in [9.17, 15) is 13.2 Å². The van der Waals surface area contributed by atoms with E-state index in [-0.39, 0.29) is 28.7 Å². The van der Waals surface area contributed by atoms with E-state index in [0.29, 0.717) is 31.7 Å². The molecule has 1 atom stereocenters. The number of ether oxygens (including phenoxy) is 1. The summed E-state index contributed by atoms with van der Waals surface area (Å²) in [4.78, 5) is 15.5. The van der Waals surface area contributed by atoms with E-state index >= 15 is 0 Å². The van der Waals surface area contributed by atoms with Crippen molar-refractivity contribution in [1.82, 2.24) is 4.31 Å². The van der Waals surface area contributed by atoms with E-state index in [1.54, 1.807) is 12.1 Å². The maximum atomic E-state index is 13.5. The fourth-order valence-electron chi connectivity index (χ4n) is 4.87. The lowest BCUT2D eigenvalue weighted by atomic mass is 9.96. The van der Waals surface area contributed by atoms with Gasteiger partial charge in [0, 0.05) is 35.2 Å². The molecule has 0 spiro atoms. The predicted molar refractivity (Wildman–Crippen MR) is 133 cm³/mol. The minimum atomic E-state index is -3.71. The third kappa shape index (κ3) is 4.57. The number of piperidine rings is 1. The fourth-order valence-corrected chi connectivity index (χ4v) is 6.94. The van der Waals surface area contributed by atoms with Gasteiger partial charge in [-0.2, -0.15) is 4.31 Å².